The number of halogens is 1. The van der Waals surface area contributed by atoms with Crippen LogP contribution in [-0.2, 0) is 6.54 Å². The van der Waals surface area contributed by atoms with E-state index in [9.17, 15) is 4.79 Å². The van der Waals surface area contributed by atoms with Crippen molar-refractivity contribution >= 4 is 23.6 Å². The lowest BCUT2D eigenvalue weighted by atomic mass is 10.2. The first kappa shape index (κ1) is 15.8. The Hall–Kier alpha value is -2.60. The number of benzene rings is 1. The highest BCUT2D eigenvalue weighted by atomic mass is 35.5. The van der Waals surface area contributed by atoms with Gasteiger partial charge in [-0.05, 0) is 17.2 Å². The van der Waals surface area contributed by atoms with Gasteiger partial charge >= 0.3 is 0 Å². The van der Waals surface area contributed by atoms with Crippen LogP contribution in [0.25, 0.3) is 0 Å². The molecule has 114 valence electrons. The number of carbonyl (C=O) groups is 1. The molecular weight excluding hydrogens is 304 g/mol. The molecule has 6 nitrogen and oxygen atoms in total. The van der Waals surface area contributed by atoms with Crippen molar-refractivity contribution in [1.29, 1.82) is 0 Å². The number of hydrogen-bond acceptors (Lipinski definition) is 5. The molecule has 0 radical (unpaired) electrons. The summed E-state index contributed by atoms with van der Waals surface area (Å²) in [5.41, 5.74) is 2.52. The number of carbonyl (C=O) groups excluding carboxylic acids is 1. The summed E-state index contributed by atoms with van der Waals surface area (Å²) < 4.78 is 6.26. The van der Waals surface area contributed by atoms with E-state index in [4.69, 9.17) is 11.6 Å². The summed E-state index contributed by atoms with van der Waals surface area (Å²) in [6, 6.07) is 11.6. The van der Waals surface area contributed by atoms with Crippen LogP contribution in [0.1, 0.15) is 16.1 Å². The van der Waals surface area contributed by atoms with E-state index in [1.54, 1.807) is 0 Å². The van der Waals surface area contributed by atoms with Gasteiger partial charge in [-0.1, -0.05) is 35.5 Å². The number of nitrogens with zero attached hydrogens (tertiary/aromatic N) is 3. The van der Waals surface area contributed by atoms with E-state index < -0.39 is 0 Å². The maximum Gasteiger partial charge on any atom is 0.226 e. The highest BCUT2D eigenvalue weighted by Gasteiger charge is 1.97. The van der Waals surface area contributed by atoms with Crippen molar-refractivity contribution in [2.45, 2.75) is 6.54 Å². The largest absolute Gasteiger partial charge is 0.386 e. The average molecular weight is 319 g/mol. The first-order chi connectivity index (χ1) is 10.7. The minimum absolute atomic E-state index is 0.132. The molecule has 7 heteroatoms. The van der Waals surface area contributed by atoms with Crippen LogP contribution in [0, 0.1) is 0 Å². The zero-order valence-electron chi connectivity index (χ0n) is 11.9. The standard InChI is InChI=1S/C11H13N3.C4H2ClNO2/c1-12-11-7-13-14(9-11)8-10-5-3-2-4-6-10;5-4-1-3(2-7)6-8-4/h2-7,9,12H,8H2,1H3;1-2H. The number of anilines is 1. The van der Waals surface area contributed by atoms with Crippen molar-refractivity contribution in [3.63, 3.8) is 0 Å². The normalized spacial score (nSPS) is 9.73. The Morgan fingerprint density at radius 3 is 2.64 bits per heavy atom. The first-order valence-corrected chi connectivity index (χ1v) is 6.90. The van der Waals surface area contributed by atoms with Crippen LogP contribution >= 0.6 is 11.6 Å². The molecule has 0 saturated carbocycles. The maximum absolute atomic E-state index is 9.84. The number of nitrogens with one attached hydrogen (secondary N) is 1. The Morgan fingerprint density at radius 1 is 1.36 bits per heavy atom. The van der Waals surface area contributed by atoms with Gasteiger partial charge in [0.05, 0.1) is 18.4 Å². The molecule has 1 N–H and O–H groups in total. The van der Waals surface area contributed by atoms with Gasteiger partial charge in [0.1, 0.15) is 5.69 Å². The zero-order chi connectivity index (χ0) is 15.8. The van der Waals surface area contributed by atoms with Crippen LogP contribution in [-0.4, -0.2) is 28.3 Å². The van der Waals surface area contributed by atoms with E-state index in [2.05, 4.69) is 32.2 Å². The van der Waals surface area contributed by atoms with Crippen molar-refractivity contribution in [2.24, 2.45) is 0 Å². The Balaban J connectivity index is 0.000000188. The Kier molecular flexibility index (Phi) is 5.73. The number of aromatic nitrogens is 3. The Bertz CT molecular complexity index is 709. The Morgan fingerprint density at radius 2 is 2.14 bits per heavy atom. The highest BCUT2D eigenvalue weighted by molar-refractivity contribution is 6.29. The number of rotatable bonds is 4. The lowest BCUT2D eigenvalue weighted by Gasteiger charge is -2.00. The van der Waals surface area contributed by atoms with E-state index in [-0.39, 0.29) is 10.9 Å². The molecule has 2 aromatic heterocycles. The van der Waals surface area contributed by atoms with Crippen molar-refractivity contribution < 1.29 is 9.32 Å². The summed E-state index contributed by atoms with van der Waals surface area (Å²) in [5, 5.41) is 10.7. The van der Waals surface area contributed by atoms with E-state index in [1.165, 1.54) is 11.6 Å². The molecule has 22 heavy (non-hydrogen) atoms. The fraction of sp³-hybridized carbons (Fsp3) is 0.133. The monoisotopic (exact) mass is 318 g/mol. The zero-order valence-corrected chi connectivity index (χ0v) is 12.7. The van der Waals surface area contributed by atoms with E-state index in [1.807, 2.05) is 42.3 Å². The molecule has 1 aromatic carbocycles. The third-order valence-corrected chi connectivity index (χ3v) is 2.91. The second-order valence-electron chi connectivity index (χ2n) is 4.34. The van der Waals surface area contributed by atoms with Crippen molar-refractivity contribution in [2.75, 3.05) is 12.4 Å². The second kappa shape index (κ2) is 7.99. The van der Waals surface area contributed by atoms with Gasteiger partial charge in [0.15, 0.2) is 6.29 Å². The van der Waals surface area contributed by atoms with Crippen molar-refractivity contribution in [1.82, 2.24) is 14.9 Å². The highest BCUT2D eigenvalue weighted by Crippen LogP contribution is 2.07. The summed E-state index contributed by atoms with van der Waals surface area (Å²) in [6.07, 6.45) is 4.38. The van der Waals surface area contributed by atoms with Gasteiger partial charge in [-0.3, -0.25) is 9.48 Å². The van der Waals surface area contributed by atoms with Gasteiger partial charge in [-0.25, -0.2) is 0 Å². The lowest BCUT2D eigenvalue weighted by Crippen LogP contribution is -1.99. The molecule has 3 rings (SSSR count). The summed E-state index contributed by atoms with van der Waals surface area (Å²) >= 11 is 5.25. The first-order valence-electron chi connectivity index (χ1n) is 6.53. The second-order valence-corrected chi connectivity index (χ2v) is 4.71. The van der Waals surface area contributed by atoms with Gasteiger partial charge in [-0.15, -0.1) is 0 Å². The van der Waals surface area contributed by atoms with Gasteiger partial charge in [-0.2, -0.15) is 5.10 Å². The third kappa shape index (κ3) is 4.75. The molecule has 3 aromatic rings. The predicted octanol–water partition coefficient (Wildman–Crippen LogP) is 3.11. The molecule has 0 aliphatic heterocycles. The SMILES string of the molecule is CNc1cnn(Cc2ccccc2)c1.O=Cc1cc(Cl)on1. The Labute approximate surface area is 132 Å². The van der Waals surface area contributed by atoms with E-state index >= 15 is 0 Å². The smallest absolute Gasteiger partial charge is 0.226 e. The van der Waals surface area contributed by atoms with E-state index in [0.717, 1.165) is 12.2 Å². The minimum atomic E-state index is 0.132. The van der Waals surface area contributed by atoms with Crippen LogP contribution in [0.15, 0.2) is 53.3 Å². The van der Waals surface area contributed by atoms with Crippen LogP contribution < -0.4 is 5.32 Å². The molecule has 0 spiro atoms. The third-order valence-electron chi connectivity index (χ3n) is 2.73. The molecule has 0 fully saturated rings. The molecule has 0 atom stereocenters. The molecule has 0 unspecified atom stereocenters. The topological polar surface area (TPSA) is 73.0 Å². The molecular formula is C15H15ClN4O2. The van der Waals surface area contributed by atoms with Gasteiger partial charge in [0.25, 0.3) is 0 Å². The van der Waals surface area contributed by atoms with Crippen LogP contribution in [0.5, 0.6) is 0 Å². The summed E-state index contributed by atoms with van der Waals surface area (Å²) in [4.78, 5) is 9.84. The van der Waals surface area contributed by atoms with Crippen LogP contribution in [0.4, 0.5) is 5.69 Å². The molecule has 2 heterocycles. The van der Waals surface area contributed by atoms with Gasteiger partial charge in [0, 0.05) is 19.3 Å². The molecule has 0 aliphatic carbocycles. The fourth-order valence-corrected chi connectivity index (χ4v) is 1.82. The molecule has 0 bridgehead atoms. The number of aldehydes is 1. The summed E-state index contributed by atoms with van der Waals surface area (Å²) in [7, 11) is 1.89. The van der Waals surface area contributed by atoms with Crippen LogP contribution in [0.3, 0.4) is 0 Å². The summed E-state index contributed by atoms with van der Waals surface area (Å²) in [5.74, 6) is 0. The number of hydrogen-bond donors (Lipinski definition) is 1. The predicted molar refractivity (Wildman–Crippen MR) is 84.2 cm³/mol. The van der Waals surface area contributed by atoms with Crippen LogP contribution in [0.2, 0.25) is 5.22 Å². The van der Waals surface area contributed by atoms with Gasteiger partial charge in [0.2, 0.25) is 5.22 Å². The van der Waals surface area contributed by atoms with Crippen molar-refractivity contribution in [3.05, 3.63) is 65.3 Å². The molecule has 0 amide bonds. The minimum Gasteiger partial charge on any atom is -0.386 e. The quantitative estimate of drug-likeness (QED) is 0.748. The molecule has 0 saturated heterocycles. The summed E-state index contributed by atoms with van der Waals surface area (Å²) in [6.45, 7) is 0.822. The van der Waals surface area contributed by atoms with Crippen molar-refractivity contribution in [3.8, 4) is 0 Å². The van der Waals surface area contributed by atoms with Gasteiger partial charge < -0.3 is 9.84 Å². The van der Waals surface area contributed by atoms with E-state index in [0.29, 0.717) is 6.29 Å². The fourth-order valence-electron chi connectivity index (χ4n) is 1.67. The molecule has 0 aliphatic rings. The average Bonchev–Trinajstić information content (AvgIpc) is 3.17. The maximum atomic E-state index is 9.84. The lowest BCUT2D eigenvalue weighted by molar-refractivity contribution is 0.111.